The largest absolute Gasteiger partial charge is 0.442 e. The van der Waals surface area contributed by atoms with E-state index < -0.39 is 18.0 Å². The second kappa shape index (κ2) is 10.8. The van der Waals surface area contributed by atoms with Crippen LogP contribution in [-0.2, 0) is 9.53 Å². The van der Waals surface area contributed by atoms with Gasteiger partial charge in [0.15, 0.2) is 0 Å². The van der Waals surface area contributed by atoms with Gasteiger partial charge in [0.25, 0.3) is 0 Å². The lowest BCUT2D eigenvalue weighted by molar-refractivity contribution is -0.119. The number of carbonyl (C=O) groups is 2. The van der Waals surface area contributed by atoms with Crippen molar-refractivity contribution in [1.82, 2.24) is 10.3 Å². The van der Waals surface area contributed by atoms with Crippen LogP contribution < -0.4 is 20.0 Å². The van der Waals surface area contributed by atoms with Crippen molar-refractivity contribution in [2.45, 2.75) is 13.0 Å². The number of rotatable bonds is 5. The average Bonchev–Trinajstić information content (AvgIpc) is 3.22. The molecule has 190 valence electrons. The quantitative estimate of drug-likeness (QED) is 0.537. The number of benzene rings is 2. The highest BCUT2D eigenvalue weighted by Crippen LogP contribution is 2.31. The number of nitrogens with one attached hydrogen (secondary N) is 1. The topological polar surface area (TPSA) is 78.0 Å². The Bertz CT molecular complexity index is 1290. The zero-order valence-electron chi connectivity index (χ0n) is 19.7. The Kier molecular flexibility index (Phi) is 7.75. The van der Waals surface area contributed by atoms with Crippen LogP contribution in [0.5, 0.6) is 0 Å². The second-order valence-corrected chi connectivity index (χ2v) is 9.09. The number of ether oxygens (including phenoxy) is 1. The summed E-state index contributed by atoms with van der Waals surface area (Å²) in [6.07, 6.45) is 0.762. The molecular formula is C25H27ClFN5O3S. The van der Waals surface area contributed by atoms with Gasteiger partial charge in [-0.05, 0) is 42.5 Å². The zero-order valence-corrected chi connectivity index (χ0v) is 21.5. The van der Waals surface area contributed by atoms with Crippen LogP contribution >= 0.6 is 25.1 Å². The lowest BCUT2D eigenvalue weighted by Crippen LogP contribution is -2.47. The maximum Gasteiger partial charge on any atom is 0.414 e. The predicted molar refractivity (Wildman–Crippen MR) is 144 cm³/mol. The Morgan fingerprint density at radius 3 is 2.53 bits per heavy atom. The molecule has 5 rings (SSSR count). The van der Waals surface area contributed by atoms with Gasteiger partial charge in [0.1, 0.15) is 11.9 Å². The molecule has 3 heterocycles. The average molecular weight is 532 g/mol. The number of aromatic nitrogens is 1. The molecule has 2 fully saturated rings. The third-order valence-corrected chi connectivity index (χ3v) is 6.57. The molecule has 2 aliphatic heterocycles. The monoisotopic (exact) mass is 531 g/mol. The Hall–Kier alpha value is -3.24. The van der Waals surface area contributed by atoms with Crippen molar-refractivity contribution in [1.29, 1.82) is 0 Å². The molecule has 2 aromatic carbocycles. The van der Waals surface area contributed by atoms with Crippen LogP contribution in [0, 0.1) is 5.82 Å². The van der Waals surface area contributed by atoms with Gasteiger partial charge in [-0.1, -0.05) is 11.6 Å². The fraction of sp³-hybridized carbons (Fsp3) is 0.320. The van der Waals surface area contributed by atoms with Gasteiger partial charge in [0.2, 0.25) is 5.91 Å². The minimum Gasteiger partial charge on any atom is -0.442 e. The Balaban J connectivity index is 0.00000304. The second-order valence-electron chi connectivity index (χ2n) is 8.65. The van der Waals surface area contributed by atoms with Gasteiger partial charge in [-0.2, -0.15) is 13.5 Å². The first kappa shape index (κ1) is 25.8. The molecule has 1 N–H and O–H groups in total. The highest BCUT2D eigenvalue weighted by Gasteiger charge is 2.33. The number of piperazine rings is 1. The van der Waals surface area contributed by atoms with Crippen molar-refractivity contribution in [2.75, 3.05) is 54.0 Å². The third kappa shape index (κ3) is 5.29. The van der Waals surface area contributed by atoms with E-state index in [2.05, 4.69) is 15.2 Å². The molecule has 0 bridgehead atoms. The predicted octanol–water partition coefficient (Wildman–Crippen LogP) is 3.93. The lowest BCUT2D eigenvalue weighted by Gasteiger charge is -2.38. The number of fused-ring (bicyclic) bond motifs is 1. The Morgan fingerprint density at radius 2 is 1.83 bits per heavy atom. The molecule has 2 aliphatic rings. The van der Waals surface area contributed by atoms with E-state index in [0.717, 1.165) is 29.7 Å². The van der Waals surface area contributed by atoms with Crippen LogP contribution in [0.4, 0.5) is 26.2 Å². The smallest absolute Gasteiger partial charge is 0.414 e. The van der Waals surface area contributed by atoms with E-state index >= 15 is 4.39 Å². The highest BCUT2D eigenvalue weighted by atomic mass is 35.5. The van der Waals surface area contributed by atoms with Crippen molar-refractivity contribution in [3.63, 3.8) is 0 Å². The van der Waals surface area contributed by atoms with Crippen molar-refractivity contribution in [3.8, 4) is 0 Å². The van der Waals surface area contributed by atoms with Gasteiger partial charge in [-0.25, -0.2) is 9.18 Å². The molecule has 2 amide bonds. The highest BCUT2D eigenvalue weighted by molar-refractivity contribution is 7.59. The normalized spacial score (nSPS) is 17.7. The minimum absolute atomic E-state index is 0. The number of amides is 2. The van der Waals surface area contributed by atoms with Crippen LogP contribution in [0.1, 0.15) is 6.92 Å². The molecule has 1 aromatic heterocycles. The number of carbonyl (C=O) groups excluding carboxylic acids is 2. The number of hydrogen-bond acceptors (Lipinski definition) is 6. The molecule has 0 spiro atoms. The number of hydrogen-bond donors (Lipinski definition) is 1. The van der Waals surface area contributed by atoms with E-state index in [9.17, 15) is 9.59 Å². The Morgan fingerprint density at radius 1 is 1.11 bits per heavy atom. The van der Waals surface area contributed by atoms with Gasteiger partial charge < -0.3 is 19.9 Å². The number of nitrogens with zero attached hydrogens (tertiary/aromatic N) is 4. The standard InChI is InChI=1S/C25H25ClFN5O3.H2S/c1-16(33)29-14-19-15-32(25(34)35-19)18-3-5-24(21(27)13-18)31-10-8-30(9-11-31)23-6-7-28-22-12-17(26)2-4-20(22)23;/h2-7,12-13,19H,8-11,14-15H2,1H3,(H,29,33);1H2/t19-;/m0./s1. The maximum absolute atomic E-state index is 15.1. The van der Waals surface area contributed by atoms with E-state index in [0.29, 0.717) is 29.5 Å². The third-order valence-electron chi connectivity index (χ3n) is 6.34. The molecular weight excluding hydrogens is 505 g/mol. The first-order chi connectivity index (χ1) is 16.9. The zero-order chi connectivity index (χ0) is 24.5. The molecule has 0 unspecified atom stereocenters. The SMILES string of the molecule is CC(=O)NC[C@H]1CN(c2ccc(N3CCN(c4ccnc5cc(Cl)ccc45)CC3)c(F)c2)C(=O)O1.S. The molecule has 2 saturated heterocycles. The van der Waals surface area contributed by atoms with Crippen molar-refractivity contribution in [2.24, 2.45) is 0 Å². The number of pyridine rings is 1. The van der Waals surface area contributed by atoms with Crippen molar-refractivity contribution in [3.05, 3.63) is 59.5 Å². The summed E-state index contributed by atoms with van der Waals surface area (Å²) in [5, 5.41) is 4.32. The summed E-state index contributed by atoms with van der Waals surface area (Å²) in [6.45, 7) is 4.64. The van der Waals surface area contributed by atoms with Crippen molar-refractivity contribution < 1.29 is 18.7 Å². The minimum atomic E-state index is -0.549. The molecule has 3 aromatic rings. The molecule has 1 atom stereocenters. The number of halogens is 2. The fourth-order valence-corrected chi connectivity index (χ4v) is 4.75. The summed E-state index contributed by atoms with van der Waals surface area (Å²) in [5.41, 5.74) is 2.87. The molecule has 36 heavy (non-hydrogen) atoms. The van der Waals surface area contributed by atoms with E-state index in [4.69, 9.17) is 16.3 Å². The van der Waals surface area contributed by atoms with Crippen LogP contribution in [0.2, 0.25) is 5.02 Å². The molecule has 0 aliphatic carbocycles. The first-order valence-corrected chi connectivity index (χ1v) is 11.8. The molecule has 11 heteroatoms. The van der Waals surface area contributed by atoms with Crippen molar-refractivity contribution >= 4 is 65.1 Å². The van der Waals surface area contributed by atoms with E-state index in [1.54, 1.807) is 18.3 Å². The lowest BCUT2D eigenvalue weighted by atomic mass is 10.1. The summed E-state index contributed by atoms with van der Waals surface area (Å²) >= 11 is 6.11. The maximum atomic E-state index is 15.1. The number of anilines is 3. The van der Waals surface area contributed by atoms with Gasteiger partial charge in [0.05, 0.1) is 30.0 Å². The summed E-state index contributed by atoms with van der Waals surface area (Å²) < 4.78 is 20.4. The summed E-state index contributed by atoms with van der Waals surface area (Å²) in [7, 11) is 0. The molecule has 0 radical (unpaired) electrons. The van der Waals surface area contributed by atoms with E-state index in [-0.39, 0.29) is 32.5 Å². The van der Waals surface area contributed by atoms with Gasteiger partial charge >= 0.3 is 6.09 Å². The first-order valence-electron chi connectivity index (χ1n) is 11.5. The Labute approximate surface area is 220 Å². The van der Waals surface area contributed by atoms with Crippen LogP contribution in [0.3, 0.4) is 0 Å². The number of cyclic esters (lactones) is 1. The van der Waals surface area contributed by atoms with Crippen LogP contribution in [0.25, 0.3) is 10.9 Å². The van der Waals surface area contributed by atoms with E-state index in [1.165, 1.54) is 17.9 Å². The van der Waals surface area contributed by atoms with Crippen LogP contribution in [-0.4, -0.2) is 62.4 Å². The van der Waals surface area contributed by atoms with Crippen LogP contribution in [0.15, 0.2) is 48.7 Å². The van der Waals surface area contributed by atoms with E-state index in [1.807, 2.05) is 29.2 Å². The summed E-state index contributed by atoms with van der Waals surface area (Å²) in [6, 6.07) is 12.5. The van der Waals surface area contributed by atoms with Gasteiger partial charge in [-0.15, -0.1) is 0 Å². The summed E-state index contributed by atoms with van der Waals surface area (Å²) in [5.74, 6) is -0.588. The molecule has 0 saturated carbocycles. The molecule has 8 nitrogen and oxygen atoms in total. The van der Waals surface area contributed by atoms with Gasteiger partial charge in [0, 0.05) is 55.4 Å². The summed E-state index contributed by atoms with van der Waals surface area (Å²) in [4.78, 5) is 33.4. The fourth-order valence-electron chi connectivity index (χ4n) is 4.59. The van der Waals surface area contributed by atoms with Gasteiger partial charge in [-0.3, -0.25) is 14.7 Å².